The second kappa shape index (κ2) is 9.31. The number of carboxylic acid groups (broad SMARTS) is 1. The number of nitriles is 1. The predicted octanol–water partition coefficient (Wildman–Crippen LogP) is 5.93. The smallest absolute Gasteiger partial charge is 0.422 e. The molecule has 2 heterocycles. The fourth-order valence-corrected chi connectivity index (χ4v) is 5.36. The zero-order valence-corrected chi connectivity index (χ0v) is 20.4. The van der Waals surface area contributed by atoms with Gasteiger partial charge in [0.25, 0.3) is 0 Å². The van der Waals surface area contributed by atoms with E-state index in [9.17, 15) is 23.2 Å². The number of nitrogens with zero attached hydrogens (tertiary/aromatic N) is 4. The molecular weight excluding hydrogens is 513 g/mol. The number of aryl methyl sites for hydroxylation is 1. The zero-order chi connectivity index (χ0) is 27.3. The van der Waals surface area contributed by atoms with E-state index in [0.29, 0.717) is 43.5 Å². The van der Waals surface area contributed by atoms with Gasteiger partial charge in [0, 0.05) is 22.7 Å². The Bertz CT molecular complexity index is 1600. The average molecular weight is 534 g/mol. The minimum Gasteiger partial charge on any atom is -0.481 e. The van der Waals surface area contributed by atoms with E-state index in [1.807, 2.05) is 18.2 Å². The fraction of sp³-hybridized carbons (Fsp3) is 0.286. The number of alkyl halides is 3. The van der Waals surface area contributed by atoms with E-state index in [1.54, 1.807) is 23.1 Å². The molecule has 1 N–H and O–H groups in total. The number of rotatable bonds is 6. The van der Waals surface area contributed by atoms with Gasteiger partial charge >= 0.3 is 12.1 Å². The van der Waals surface area contributed by atoms with Gasteiger partial charge in [0.05, 0.1) is 12.5 Å². The van der Waals surface area contributed by atoms with Crippen molar-refractivity contribution >= 4 is 5.97 Å². The van der Waals surface area contributed by atoms with Gasteiger partial charge in [-0.3, -0.25) is 4.79 Å². The van der Waals surface area contributed by atoms with E-state index in [0.717, 1.165) is 16.7 Å². The first kappa shape index (κ1) is 24.7. The van der Waals surface area contributed by atoms with Crippen molar-refractivity contribution in [1.29, 1.82) is 5.26 Å². The summed E-state index contributed by atoms with van der Waals surface area (Å²) in [5.41, 5.74) is 2.48. The van der Waals surface area contributed by atoms with Crippen LogP contribution in [0.3, 0.4) is 0 Å². The van der Waals surface area contributed by atoms with Gasteiger partial charge < -0.3 is 19.1 Å². The average Bonchev–Trinajstić information content (AvgIpc) is 3.52. The zero-order valence-electron chi connectivity index (χ0n) is 20.4. The van der Waals surface area contributed by atoms with Crippen LogP contribution < -0.4 is 0 Å². The van der Waals surface area contributed by atoms with Gasteiger partial charge in [-0.2, -0.15) is 18.4 Å². The number of benzene rings is 2. The van der Waals surface area contributed by atoms with Crippen molar-refractivity contribution in [3.8, 4) is 40.2 Å². The highest BCUT2D eigenvalue weighted by atomic mass is 19.4. The van der Waals surface area contributed by atoms with Crippen molar-refractivity contribution in [2.45, 2.75) is 44.4 Å². The maximum absolute atomic E-state index is 14.2. The van der Waals surface area contributed by atoms with Gasteiger partial charge in [-0.05, 0) is 36.8 Å². The molecule has 2 aromatic heterocycles. The molecule has 0 unspecified atom stereocenters. The summed E-state index contributed by atoms with van der Waals surface area (Å²) in [5, 5.41) is 26.6. The lowest BCUT2D eigenvalue weighted by Crippen LogP contribution is -2.44. The summed E-state index contributed by atoms with van der Waals surface area (Å²) < 4.78 is 53.3. The van der Waals surface area contributed by atoms with Crippen molar-refractivity contribution in [3.63, 3.8) is 0 Å². The molecule has 1 saturated carbocycles. The Hall–Kier alpha value is -4.59. The molecule has 198 valence electrons. The summed E-state index contributed by atoms with van der Waals surface area (Å²) in [6, 6.07) is 13.5. The van der Waals surface area contributed by atoms with Gasteiger partial charge in [-0.1, -0.05) is 58.8 Å². The molecule has 4 aromatic rings. The van der Waals surface area contributed by atoms with Crippen LogP contribution in [0, 0.1) is 17.4 Å². The maximum Gasteiger partial charge on any atom is 0.422 e. The van der Waals surface area contributed by atoms with Crippen LogP contribution in [-0.4, -0.2) is 32.3 Å². The molecule has 11 heteroatoms. The van der Waals surface area contributed by atoms with Gasteiger partial charge in [-0.25, -0.2) is 0 Å². The molecule has 0 atom stereocenters. The lowest BCUT2D eigenvalue weighted by atomic mass is 9.79. The summed E-state index contributed by atoms with van der Waals surface area (Å²) in [4.78, 5) is 12.7. The Morgan fingerprint density at radius 1 is 1.05 bits per heavy atom. The van der Waals surface area contributed by atoms with Crippen molar-refractivity contribution < 1.29 is 32.1 Å². The highest BCUT2D eigenvalue weighted by Crippen LogP contribution is 2.46. The molecule has 2 aliphatic carbocycles. The standard InChI is InChI=1S/C28H21F3N4O4/c29-28(30,31)22-23(16-4-2-1-3-5-16)33-39-26(22)25-21-9-7-17-10-15(6-8-20(17)24(21)34-38-25)13-35(14-32)19-11-18(12-19)27(36)37/h1-6,8,10,18-19H,7,9,11-13H2,(H,36,37)/t18-,19-. The molecule has 0 amide bonds. The Balaban J connectivity index is 1.30. The summed E-state index contributed by atoms with van der Waals surface area (Å²) in [7, 11) is 0. The van der Waals surface area contributed by atoms with Crippen LogP contribution in [0.5, 0.6) is 0 Å². The van der Waals surface area contributed by atoms with Crippen LogP contribution in [0.1, 0.15) is 35.1 Å². The van der Waals surface area contributed by atoms with Crippen LogP contribution >= 0.6 is 0 Å². The molecule has 1 fully saturated rings. The van der Waals surface area contributed by atoms with Crippen LogP contribution in [0.4, 0.5) is 13.2 Å². The minimum absolute atomic E-state index is 0.0876. The highest BCUT2D eigenvalue weighted by molar-refractivity contribution is 5.79. The minimum atomic E-state index is -4.74. The quantitative estimate of drug-likeness (QED) is 0.239. The van der Waals surface area contributed by atoms with E-state index in [2.05, 4.69) is 16.5 Å². The van der Waals surface area contributed by atoms with E-state index < -0.39 is 29.4 Å². The van der Waals surface area contributed by atoms with Crippen molar-refractivity contribution in [1.82, 2.24) is 15.2 Å². The van der Waals surface area contributed by atoms with Crippen molar-refractivity contribution in [2.24, 2.45) is 5.92 Å². The van der Waals surface area contributed by atoms with Crippen molar-refractivity contribution in [2.75, 3.05) is 0 Å². The third-order valence-electron chi connectivity index (χ3n) is 7.47. The Kier molecular flexibility index (Phi) is 5.90. The van der Waals surface area contributed by atoms with Gasteiger partial charge in [0.2, 0.25) is 11.5 Å². The topological polar surface area (TPSA) is 116 Å². The van der Waals surface area contributed by atoms with E-state index >= 15 is 0 Å². The lowest BCUT2D eigenvalue weighted by molar-refractivity contribution is -0.146. The molecule has 0 radical (unpaired) electrons. The number of hydrogen-bond donors (Lipinski definition) is 1. The third-order valence-corrected chi connectivity index (χ3v) is 7.47. The molecule has 2 aromatic carbocycles. The number of carboxylic acids is 1. The number of hydrogen-bond acceptors (Lipinski definition) is 7. The molecule has 2 aliphatic rings. The monoisotopic (exact) mass is 534 g/mol. The Morgan fingerprint density at radius 2 is 1.77 bits per heavy atom. The molecule has 8 nitrogen and oxygen atoms in total. The first-order valence-corrected chi connectivity index (χ1v) is 12.4. The van der Waals surface area contributed by atoms with E-state index in [1.165, 1.54) is 12.1 Å². The SMILES string of the molecule is N#CN(Cc1ccc2c(c1)CCc1c-2noc1-c1onc(-c2ccccc2)c1C(F)(F)F)[C@H]1C[C@H](C(=O)O)C1. The predicted molar refractivity (Wildman–Crippen MR) is 131 cm³/mol. The van der Waals surface area contributed by atoms with Crippen LogP contribution in [0.2, 0.25) is 0 Å². The summed E-state index contributed by atoms with van der Waals surface area (Å²) in [6.45, 7) is 0.340. The number of aliphatic carboxylic acids is 1. The summed E-state index contributed by atoms with van der Waals surface area (Å²) in [5.74, 6) is -1.85. The first-order valence-electron chi connectivity index (χ1n) is 12.4. The summed E-state index contributed by atoms with van der Waals surface area (Å²) in [6.07, 6.45) is -0.784. The van der Waals surface area contributed by atoms with Crippen LogP contribution in [0.15, 0.2) is 57.6 Å². The van der Waals surface area contributed by atoms with Crippen LogP contribution in [-0.2, 0) is 30.4 Å². The third kappa shape index (κ3) is 4.31. The fourth-order valence-electron chi connectivity index (χ4n) is 5.36. The van der Waals surface area contributed by atoms with Gasteiger partial charge in [0.15, 0.2) is 6.19 Å². The molecule has 39 heavy (non-hydrogen) atoms. The van der Waals surface area contributed by atoms with Gasteiger partial charge in [-0.15, -0.1) is 0 Å². The number of carbonyl (C=O) groups is 1. The second-order valence-corrected chi connectivity index (χ2v) is 9.82. The van der Waals surface area contributed by atoms with E-state index in [4.69, 9.17) is 14.2 Å². The number of aromatic nitrogens is 2. The second-order valence-electron chi connectivity index (χ2n) is 9.82. The highest BCUT2D eigenvalue weighted by Gasteiger charge is 2.43. The van der Waals surface area contributed by atoms with E-state index in [-0.39, 0.29) is 23.1 Å². The first-order chi connectivity index (χ1) is 18.7. The van der Waals surface area contributed by atoms with Crippen molar-refractivity contribution in [3.05, 3.63) is 70.8 Å². The molecule has 0 aliphatic heterocycles. The largest absolute Gasteiger partial charge is 0.481 e. The Morgan fingerprint density at radius 3 is 2.46 bits per heavy atom. The molecule has 6 rings (SSSR count). The normalized spacial score (nSPS) is 18.0. The maximum atomic E-state index is 14.2. The molecule has 0 saturated heterocycles. The summed E-state index contributed by atoms with van der Waals surface area (Å²) >= 11 is 0. The Labute approximate surface area is 220 Å². The molecule has 0 bridgehead atoms. The van der Waals surface area contributed by atoms with Gasteiger partial charge in [0.1, 0.15) is 17.0 Å². The number of fused-ring (bicyclic) bond motifs is 3. The molecular formula is C28H21F3N4O4. The lowest BCUT2D eigenvalue weighted by Gasteiger charge is -2.38. The molecule has 0 spiro atoms. The van der Waals surface area contributed by atoms with Crippen LogP contribution in [0.25, 0.3) is 34.0 Å². The number of halogens is 3.